The van der Waals surface area contributed by atoms with E-state index in [4.69, 9.17) is 0 Å². The van der Waals surface area contributed by atoms with E-state index in [1.807, 2.05) is 34.6 Å². The number of hydrogen-bond acceptors (Lipinski definition) is 2. The average molecular weight is 397 g/mol. The molecule has 0 bridgehead atoms. The monoisotopic (exact) mass is 398 g/mol. The Morgan fingerprint density at radius 2 is 0.700 bits per heavy atom. The van der Waals surface area contributed by atoms with Gasteiger partial charge in [0.25, 0.3) is 0 Å². The summed E-state index contributed by atoms with van der Waals surface area (Å²) in [7, 11) is 9.14. The Hall–Kier alpha value is 2.53. The van der Waals surface area contributed by atoms with Gasteiger partial charge in [-0.1, -0.05) is 0 Å². The molecule has 0 nitrogen and oxygen atoms in total. The third-order valence-electron chi connectivity index (χ3n) is 0. The fraction of sp³-hybridized carbons (Fsp3) is 0.500. The van der Waals surface area contributed by atoms with Gasteiger partial charge in [-0.05, 0) is 0 Å². The van der Waals surface area contributed by atoms with Gasteiger partial charge in [-0.2, -0.15) is 12.5 Å². The van der Waals surface area contributed by atoms with Crippen LogP contribution >= 0.6 is 19.4 Å². The first-order chi connectivity index (χ1) is 4.00. The second kappa shape index (κ2) is 200. The van der Waals surface area contributed by atoms with Gasteiger partial charge >= 0.3 is 54.0 Å². The zero-order chi connectivity index (χ0) is 8.00. The van der Waals surface area contributed by atoms with Gasteiger partial charge in [0.2, 0.25) is 0 Å². The molecule has 0 fully saturated rings. The molecule has 0 spiro atoms. The van der Waals surface area contributed by atoms with Crippen molar-refractivity contribution in [2.75, 3.05) is 12.5 Å². The van der Waals surface area contributed by atoms with Crippen molar-refractivity contribution < 1.29 is 34.6 Å². The van der Waals surface area contributed by atoms with Crippen molar-refractivity contribution in [1.82, 2.24) is 0 Å². The van der Waals surface area contributed by atoms with Crippen LogP contribution in [0.2, 0.25) is 0 Å². The molecule has 0 aliphatic carbocycles. The van der Waals surface area contributed by atoms with Gasteiger partial charge in [-0.15, -0.1) is 0 Å². The molecule has 0 unspecified atom stereocenters. The summed E-state index contributed by atoms with van der Waals surface area (Å²) in [5.41, 5.74) is 0. The second-order valence-corrected chi connectivity index (χ2v) is 0. The molecule has 0 saturated heterocycles. The Morgan fingerprint density at radius 1 is 0.700 bits per heavy atom. The maximum atomic E-state index is 4.57. The van der Waals surface area contributed by atoms with Crippen molar-refractivity contribution >= 4 is 44.6 Å². The summed E-state index contributed by atoms with van der Waals surface area (Å²) in [6.45, 7) is 0. The van der Waals surface area contributed by atoms with Crippen LogP contribution in [-0.2, 0) is 59.9 Å². The van der Waals surface area contributed by atoms with E-state index in [0.29, 0.717) is 0 Å². The van der Waals surface area contributed by atoms with E-state index in [-0.39, 0.29) is 14.9 Å². The molecule has 0 atom stereocenters. The standard InChI is InChI=1S/2CH4S.2CH3.2ClH.2Ru/c2*1-2;;;;;;/h2*2H,1H3;2*1H3;2*1H;;/q;;2*-1;;;2*+2/p-4. The van der Waals surface area contributed by atoms with Crippen molar-refractivity contribution in [3.8, 4) is 0 Å². The molecule has 0 aromatic rings. The van der Waals surface area contributed by atoms with Gasteiger partial charge in [-0.3, -0.25) is 0 Å². The molecule has 0 N–H and O–H groups in total. The van der Waals surface area contributed by atoms with Gasteiger partial charge in [0.1, 0.15) is 0 Å². The van der Waals surface area contributed by atoms with E-state index in [9.17, 15) is 0 Å². The molecule has 10 heavy (non-hydrogen) atoms. The summed E-state index contributed by atoms with van der Waals surface area (Å²) >= 11 is 11.8. The van der Waals surface area contributed by atoms with Gasteiger partial charge in [0.05, 0.1) is 0 Å². The Morgan fingerprint density at radius 3 is 0.700 bits per heavy atom. The Bertz CT molecular complexity index is 19.2. The van der Waals surface area contributed by atoms with Crippen LogP contribution in [-0.4, -0.2) is 12.5 Å². The Balaban J connectivity index is -0.00000000500. The number of halogens is 2. The zero-order valence-corrected chi connectivity index (χ0v) is 12.9. The zero-order valence-electron chi connectivity index (χ0n) is 6.28. The normalized spacial score (nSPS) is 2.40. The summed E-state index contributed by atoms with van der Waals surface area (Å²) in [6, 6.07) is 0. The van der Waals surface area contributed by atoms with Gasteiger partial charge in [0, 0.05) is 0 Å². The Labute approximate surface area is 105 Å². The number of rotatable bonds is 0. The van der Waals surface area contributed by atoms with E-state index in [1.54, 1.807) is 12.5 Å². The van der Waals surface area contributed by atoms with Crippen molar-refractivity contribution in [1.29, 1.82) is 0 Å². The summed E-state index contributed by atoms with van der Waals surface area (Å²) in [6.07, 6.45) is 3.17. The van der Waals surface area contributed by atoms with Crippen LogP contribution in [0.15, 0.2) is 0 Å². The average Bonchev–Trinajstić information content (AvgIpc) is 2.03. The molecule has 0 rings (SSSR count). The Kier molecular flexibility index (Phi) is 782. The third kappa shape index (κ3) is 150. The van der Waals surface area contributed by atoms with Crippen LogP contribution in [0.3, 0.4) is 0 Å². The molecule has 72 valence electrons. The predicted molar refractivity (Wildman–Crippen MR) is 51.1 cm³/mol. The molecular weight excluding hydrogens is 385 g/mol. The molecular formula is C4H12Cl2Ru2S2-2. The maximum absolute atomic E-state index is 4.57. The topological polar surface area (TPSA) is 0 Å². The molecule has 0 aromatic heterocycles. The van der Waals surface area contributed by atoms with Crippen LogP contribution in [0.5, 0.6) is 0 Å². The molecule has 0 radical (unpaired) electrons. The fourth-order valence-electron chi connectivity index (χ4n) is 0. The minimum absolute atomic E-state index is 0. The second-order valence-electron chi connectivity index (χ2n) is 0. The van der Waals surface area contributed by atoms with Crippen molar-refractivity contribution in [3.63, 3.8) is 0 Å². The van der Waals surface area contributed by atoms with E-state index < -0.39 is 0 Å². The number of hydrogen-bond donors (Lipinski definition) is 0. The van der Waals surface area contributed by atoms with Crippen molar-refractivity contribution in [2.24, 2.45) is 0 Å². The summed E-state index contributed by atoms with van der Waals surface area (Å²) in [5, 5.41) is 0. The van der Waals surface area contributed by atoms with E-state index >= 15 is 0 Å². The molecule has 0 aliphatic heterocycles. The first kappa shape index (κ1) is 39.1. The van der Waals surface area contributed by atoms with Gasteiger partial charge < -0.3 is 40.1 Å². The molecule has 0 heterocycles. The summed E-state index contributed by atoms with van der Waals surface area (Å²) < 4.78 is 0. The first-order valence-corrected chi connectivity index (χ1v) is 7.19. The predicted octanol–water partition coefficient (Wildman–Crippen LogP) is 2.60. The van der Waals surface area contributed by atoms with Crippen LogP contribution in [0.1, 0.15) is 0 Å². The third-order valence-corrected chi connectivity index (χ3v) is 0. The van der Waals surface area contributed by atoms with Crippen LogP contribution in [0.4, 0.5) is 0 Å². The van der Waals surface area contributed by atoms with Crippen LogP contribution in [0.25, 0.3) is 0 Å². The van der Waals surface area contributed by atoms with Crippen molar-refractivity contribution in [3.05, 3.63) is 14.9 Å². The van der Waals surface area contributed by atoms with Gasteiger partial charge in [-0.25, -0.2) is 0 Å². The van der Waals surface area contributed by atoms with E-state index in [2.05, 4.69) is 44.6 Å². The molecule has 0 amide bonds. The molecule has 6 heteroatoms. The fourth-order valence-corrected chi connectivity index (χ4v) is 0. The van der Waals surface area contributed by atoms with E-state index in [1.165, 1.54) is 0 Å². The quantitative estimate of drug-likeness (QED) is 0.350. The molecule has 0 saturated carbocycles. The van der Waals surface area contributed by atoms with E-state index in [0.717, 1.165) is 0 Å². The summed E-state index contributed by atoms with van der Waals surface area (Å²) in [5.74, 6) is 0. The van der Waals surface area contributed by atoms with Crippen LogP contribution in [0, 0.1) is 14.9 Å². The first-order valence-electron chi connectivity index (χ1n) is 1.08. The SMILES string of the molecule is C[S-].C[S-].[CH3-].[CH3-].[Cl][Ru+].[Cl][Ru+]. The van der Waals surface area contributed by atoms with Crippen molar-refractivity contribution in [2.45, 2.75) is 0 Å². The summed E-state index contributed by atoms with van der Waals surface area (Å²) in [4.78, 5) is 0. The van der Waals surface area contributed by atoms with Gasteiger partial charge in [0.15, 0.2) is 0 Å². The molecule has 0 aliphatic rings. The van der Waals surface area contributed by atoms with Crippen LogP contribution < -0.4 is 0 Å². The molecule has 0 aromatic carbocycles. The minimum atomic E-state index is 0.